The number of H-pyrrole nitrogens is 2. The van der Waals surface area contributed by atoms with Crippen LogP contribution < -0.4 is 10.9 Å². The lowest BCUT2D eigenvalue weighted by atomic mass is 10.2. The van der Waals surface area contributed by atoms with Crippen LogP contribution in [-0.2, 0) is 28.5 Å². The molecule has 2 aromatic heterocycles. The molecular weight excluding hydrogens is 665 g/mol. The standard InChI is InChI=1S/C13H13ClN2O4S.C9H5Cl2NO3S.C5H10O/c14-9-1-2-11-10(7-9)13(17)12(8-15-11)21(18,19)16-3-5-20-6-4-16;10-5-1-2-7-6(3-5)9(13)8(4-12-7)16(11,14)15;1-2-4-6-5-3-1/h1-2,7-8H,3-6H2,(H,15,17);1-4H,(H,12,13);1-5H2. The molecule has 2 saturated heterocycles. The fourth-order valence-corrected chi connectivity index (χ4v) is 7.01. The normalized spacial score (nSPS) is 16.2. The summed E-state index contributed by atoms with van der Waals surface area (Å²) in [5.74, 6) is 0. The highest BCUT2D eigenvalue weighted by Crippen LogP contribution is 2.20. The van der Waals surface area contributed by atoms with Gasteiger partial charge in [-0.2, -0.15) is 4.31 Å². The average molecular weight is 693 g/mol. The first-order valence-corrected chi connectivity index (χ1v) is 17.6. The summed E-state index contributed by atoms with van der Waals surface area (Å²) in [4.78, 5) is 29.0. The molecule has 2 aliphatic heterocycles. The molecule has 0 saturated carbocycles. The Labute approximate surface area is 262 Å². The molecule has 11 nitrogen and oxygen atoms in total. The van der Waals surface area contributed by atoms with E-state index in [0.717, 1.165) is 19.4 Å². The molecule has 0 amide bonds. The Morgan fingerprint density at radius 1 is 0.674 bits per heavy atom. The van der Waals surface area contributed by atoms with E-state index in [9.17, 15) is 26.4 Å². The number of pyridine rings is 2. The van der Waals surface area contributed by atoms with Gasteiger partial charge in [0.2, 0.25) is 20.9 Å². The average Bonchev–Trinajstić information content (AvgIpc) is 2.99. The first-order chi connectivity index (χ1) is 20.4. The Morgan fingerprint density at radius 2 is 1.14 bits per heavy atom. The van der Waals surface area contributed by atoms with Crippen LogP contribution in [0, 0.1) is 0 Å². The minimum Gasteiger partial charge on any atom is -0.381 e. The van der Waals surface area contributed by atoms with Crippen LogP contribution in [0.1, 0.15) is 19.3 Å². The maximum absolute atomic E-state index is 12.6. The van der Waals surface area contributed by atoms with Crippen LogP contribution in [0.25, 0.3) is 21.8 Å². The number of aromatic amines is 2. The van der Waals surface area contributed by atoms with Gasteiger partial charge in [-0.25, -0.2) is 16.8 Å². The van der Waals surface area contributed by atoms with Crippen LogP contribution in [-0.4, -0.2) is 70.6 Å². The zero-order chi connectivity index (χ0) is 31.2. The van der Waals surface area contributed by atoms with Gasteiger partial charge in [-0.1, -0.05) is 23.2 Å². The van der Waals surface area contributed by atoms with E-state index in [2.05, 4.69) is 9.97 Å². The lowest BCUT2D eigenvalue weighted by Gasteiger charge is -2.25. The molecule has 0 unspecified atom stereocenters. The van der Waals surface area contributed by atoms with E-state index in [1.54, 1.807) is 24.3 Å². The fraction of sp³-hybridized carbons (Fsp3) is 0.333. The van der Waals surface area contributed by atoms with Gasteiger partial charge in [0.05, 0.1) is 13.2 Å². The van der Waals surface area contributed by atoms with Gasteiger partial charge in [0, 0.05) is 81.2 Å². The van der Waals surface area contributed by atoms with E-state index in [4.69, 9.17) is 43.4 Å². The van der Waals surface area contributed by atoms with E-state index in [-0.39, 0.29) is 28.8 Å². The van der Waals surface area contributed by atoms with Crippen LogP contribution >= 0.6 is 33.9 Å². The van der Waals surface area contributed by atoms with Gasteiger partial charge in [-0.05, 0) is 55.7 Å². The quantitative estimate of drug-likeness (QED) is 0.298. The third kappa shape index (κ3) is 8.37. The zero-order valence-electron chi connectivity index (χ0n) is 22.6. The molecule has 2 fully saturated rings. The Bertz CT molecular complexity index is 1930. The number of morpholine rings is 1. The molecule has 43 heavy (non-hydrogen) atoms. The molecule has 0 bridgehead atoms. The maximum atomic E-state index is 12.6. The SMILES string of the molecule is C1CCOCC1.O=c1c(S(=O)(=O)Cl)c[nH]c2ccc(Cl)cc12.O=c1c(S(=O)(=O)N2CCOCC2)c[nH]c2ccc(Cl)cc12. The number of ether oxygens (including phenoxy) is 2. The Balaban J connectivity index is 0.000000169. The van der Waals surface area contributed by atoms with Crippen molar-refractivity contribution >= 4 is 74.8 Å². The second-order valence-electron chi connectivity index (χ2n) is 9.47. The van der Waals surface area contributed by atoms with Crippen LogP contribution in [0.15, 0.2) is 68.2 Å². The van der Waals surface area contributed by atoms with E-state index in [1.165, 1.54) is 41.9 Å². The summed E-state index contributed by atoms with van der Waals surface area (Å²) in [6.07, 6.45) is 6.24. The van der Waals surface area contributed by atoms with Crippen molar-refractivity contribution in [3.63, 3.8) is 0 Å². The topological polar surface area (TPSA) is 156 Å². The number of rotatable bonds is 3. The number of nitrogens with zero attached hydrogens (tertiary/aromatic N) is 1. The minimum absolute atomic E-state index is 0.189. The Morgan fingerprint density at radius 3 is 1.58 bits per heavy atom. The molecule has 0 atom stereocenters. The fourth-order valence-electron chi connectivity index (χ4n) is 4.33. The van der Waals surface area contributed by atoms with Gasteiger partial charge in [-0.15, -0.1) is 0 Å². The number of benzene rings is 2. The number of sulfonamides is 1. The number of hydrogen-bond acceptors (Lipinski definition) is 8. The summed E-state index contributed by atoms with van der Waals surface area (Å²) in [5, 5.41) is 1.18. The highest BCUT2D eigenvalue weighted by Gasteiger charge is 2.29. The second-order valence-corrected chi connectivity index (χ2v) is 14.8. The van der Waals surface area contributed by atoms with Gasteiger partial charge < -0.3 is 19.4 Å². The number of aromatic nitrogens is 2. The Kier molecular flexibility index (Phi) is 11.3. The summed E-state index contributed by atoms with van der Waals surface area (Å²) in [6.45, 7) is 3.15. The van der Waals surface area contributed by atoms with Crippen LogP contribution in [0.2, 0.25) is 10.0 Å². The van der Waals surface area contributed by atoms with Gasteiger partial charge in [0.1, 0.15) is 9.79 Å². The lowest BCUT2D eigenvalue weighted by Crippen LogP contribution is -2.42. The van der Waals surface area contributed by atoms with Crippen molar-refractivity contribution in [1.29, 1.82) is 0 Å². The molecule has 0 spiro atoms. The number of fused-ring (bicyclic) bond motifs is 2. The van der Waals surface area contributed by atoms with Gasteiger partial charge in [0.25, 0.3) is 9.05 Å². The molecule has 4 aromatic rings. The van der Waals surface area contributed by atoms with Gasteiger partial charge in [-0.3, -0.25) is 9.59 Å². The van der Waals surface area contributed by atoms with Crippen LogP contribution in [0.4, 0.5) is 0 Å². The number of halogens is 3. The molecule has 0 radical (unpaired) electrons. The highest BCUT2D eigenvalue weighted by molar-refractivity contribution is 8.13. The van der Waals surface area contributed by atoms with E-state index in [0.29, 0.717) is 34.3 Å². The third-order valence-corrected chi connectivity index (χ3v) is 10.2. The van der Waals surface area contributed by atoms with Gasteiger partial charge in [0.15, 0.2) is 0 Å². The molecule has 16 heteroatoms. The summed E-state index contributed by atoms with van der Waals surface area (Å²) >= 11 is 11.6. The van der Waals surface area contributed by atoms with E-state index >= 15 is 0 Å². The van der Waals surface area contributed by atoms with Crippen LogP contribution in [0.5, 0.6) is 0 Å². The van der Waals surface area contributed by atoms with E-state index in [1.807, 2.05) is 0 Å². The Hall–Kier alpha value is -2.49. The van der Waals surface area contributed by atoms with Crippen molar-refractivity contribution in [3.8, 4) is 0 Å². The summed E-state index contributed by atoms with van der Waals surface area (Å²) in [5.41, 5.74) is -0.159. The first-order valence-electron chi connectivity index (χ1n) is 13.1. The van der Waals surface area contributed by atoms with E-state index < -0.39 is 34.8 Å². The molecule has 2 aromatic carbocycles. The second kappa shape index (κ2) is 14.5. The lowest BCUT2D eigenvalue weighted by molar-refractivity contribution is 0.0730. The molecule has 232 valence electrons. The monoisotopic (exact) mass is 691 g/mol. The summed E-state index contributed by atoms with van der Waals surface area (Å²) < 4.78 is 58.8. The van der Waals surface area contributed by atoms with Crippen molar-refractivity contribution < 1.29 is 26.3 Å². The van der Waals surface area contributed by atoms with Crippen molar-refractivity contribution in [1.82, 2.24) is 14.3 Å². The van der Waals surface area contributed by atoms with Gasteiger partial charge >= 0.3 is 0 Å². The highest BCUT2D eigenvalue weighted by atomic mass is 35.7. The van der Waals surface area contributed by atoms with Crippen molar-refractivity contribution in [2.45, 2.75) is 29.1 Å². The van der Waals surface area contributed by atoms with Crippen molar-refractivity contribution in [2.24, 2.45) is 0 Å². The number of nitrogens with one attached hydrogen (secondary N) is 2. The molecule has 2 aliphatic rings. The zero-order valence-corrected chi connectivity index (χ0v) is 26.5. The number of hydrogen-bond donors (Lipinski definition) is 2. The molecule has 6 rings (SSSR count). The molecular formula is C27H28Cl3N3O8S2. The summed E-state index contributed by atoms with van der Waals surface area (Å²) in [6, 6.07) is 9.31. The molecule has 0 aliphatic carbocycles. The van der Waals surface area contributed by atoms with Crippen LogP contribution in [0.3, 0.4) is 0 Å². The third-order valence-electron chi connectivity index (χ3n) is 6.55. The molecule has 4 heterocycles. The smallest absolute Gasteiger partial charge is 0.266 e. The maximum Gasteiger partial charge on any atom is 0.266 e. The minimum atomic E-state index is -4.05. The largest absolute Gasteiger partial charge is 0.381 e. The molecule has 2 N–H and O–H groups in total. The van der Waals surface area contributed by atoms with Crippen molar-refractivity contribution in [2.75, 3.05) is 39.5 Å². The van der Waals surface area contributed by atoms with Crippen molar-refractivity contribution in [3.05, 3.63) is 79.3 Å². The predicted octanol–water partition coefficient (Wildman–Crippen LogP) is 4.50. The predicted molar refractivity (Wildman–Crippen MR) is 166 cm³/mol. The summed E-state index contributed by atoms with van der Waals surface area (Å²) in [7, 11) is -2.76. The first kappa shape index (κ1) is 33.4.